The third-order valence-corrected chi connectivity index (χ3v) is 3.60. The molecule has 2 aromatic carbocycles. The van der Waals surface area contributed by atoms with Crippen LogP contribution in [0.4, 0.5) is 5.69 Å². The maximum absolute atomic E-state index is 10.9. The largest absolute Gasteiger partial charge is 0.497 e. The third-order valence-electron chi connectivity index (χ3n) is 3.60. The lowest BCUT2D eigenvalue weighted by molar-refractivity contribution is -0.384. The molecule has 0 unspecified atom stereocenters. The molecule has 3 rings (SSSR count). The van der Waals surface area contributed by atoms with Crippen molar-refractivity contribution in [1.29, 1.82) is 0 Å². The number of nitrogens with zero attached hydrogens (tertiary/aromatic N) is 2. The molecule has 0 saturated heterocycles. The quantitative estimate of drug-likeness (QED) is 0.577. The van der Waals surface area contributed by atoms with Crippen molar-refractivity contribution in [2.24, 2.45) is 0 Å². The van der Waals surface area contributed by atoms with E-state index in [9.17, 15) is 10.1 Å². The van der Waals surface area contributed by atoms with Gasteiger partial charge in [0.15, 0.2) is 0 Å². The number of ether oxygens (including phenoxy) is 1. The van der Waals surface area contributed by atoms with Gasteiger partial charge in [-0.3, -0.25) is 15.2 Å². The van der Waals surface area contributed by atoms with Gasteiger partial charge < -0.3 is 4.74 Å². The van der Waals surface area contributed by atoms with Crippen molar-refractivity contribution in [3.8, 4) is 17.0 Å². The van der Waals surface area contributed by atoms with Crippen LogP contribution in [0.5, 0.6) is 5.75 Å². The van der Waals surface area contributed by atoms with Crippen molar-refractivity contribution in [1.82, 2.24) is 10.2 Å². The first kappa shape index (κ1) is 14.8. The summed E-state index contributed by atoms with van der Waals surface area (Å²) >= 11 is 0. The van der Waals surface area contributed by atoms with E-state index >= 15 is 0 Å². The van der Waals surface area contributed by atoms with Crippen LogP contribution in [0.2, 0.25) is 0 Å². The van der Waals surface area contributed by atoms with Crippen LogP contribution < -0.4 is 4.74 Å². The molecule has 0 saturated carbocycles. The minimum absolute atomic E-state index is 0.0564. The maximum atomic E-state index is 10.9. The van der Waals surface area contributed by atoms with Gasteiger partial charge in [-0.15, -0.1) is 0 Å². The maximum Gasteiger partial charge on any atom is 0.270 e. The number of hydrogen-bond donors (Lipinski definition) is 1. The Hall–Kier alpha value is -3.15. The molecule has 1 aromatic heterocycles. The fraction of sp³-hybridized carbons (Fsp3) is 0.118. The lowest BCUT2D eigenvalue weighted by atomic mass is 10.0. The van der Waals surface area contributed by atoms with E-state index in [1.165, 1.54) is 12.1 Å². The minimum Gasteiger partial charge on any atom is -0.497 e. The molecular formula is C17H15N3O3. The molecule has 0 aliphatic carbocycles. The van der Waals surface area contributed by atoms with Crippen molar-refractivity contribution in [3.63, 3.8) is 0 Å². The Bertz CT molecular complexity index is 825. The smallest absolute Gasteiger partial charge is 0.270 e. The fourth-order valence-electron chi connectivity index (χ4n) is 2.43. The molecule has 3 aromatic rings. The number of nitrogens with one attached hydrogen (secondary N) is 1. The topological polar surface area (TPSA) is 81.0 Å². The van der Waals surface area contributed by atoms with E-state index in [0.717, 1.165) is 28.1 Å². The van der Waals surface area contributed by atoms with Gasteiger partial charge in [-0.2, -0.15) is 5.10 Å². The van der Waals surface area contributed by atoms with Gasteiger partial charge in [0.05, 0.1) is 17.7 Å². The molecule has 6 nitrogen and oxygen atoms in total. The molecule has 0 fully saturated rings. The molecule has 0 bridgehead atoms. The Morgan fingerprint density at radius 2 is 2.00 bits per heavy atom. The normalized spacial score (nSPS) is 10.5. The monoisotopic (exact) mass is 309 g/mol. The molecule has 0 amide bonds. The Morgan fingerprint density at radius 1 is 1.22 bits per heavy atom. The number of non-ortho nitro benzene ring substituents is 1. The first-order valence-electron chi connectivity index (χ1n) is 7.08. The molecule has 0 aliphatic rings. The number of nitro groups is 1. The fourth-order valence-corrected chi connectivity index (χ4v) is 2.43. The number of H-pyrrole nitrogens is 1. The zero-order chi connectivity index (χ0) is 16.2. The molecule has 0 aliphatic heterocycles. The predicted octanol–water partition coefficient (Wildman–Crippen LogP) is 3.58. The van der Waals surface area contributed by atoms with Crippen molar-refractivity contribution < 1.29 is 9.66 Å². The number of aromatic amines is 1. The second-order valence-electron chi connectivity index (χ2n) is 5.09. The van der Waals surface area contributed by atoms with Crippen LogP contribution in [0.15, 0.2) is 54.7 Å². The number of methoxy groups -OCH3 is 1. The molecule has 116 valence electrons. The zero-order valence-electron chi connectivity index (χ0n) is 12.5. The van der Waals surface area contributed by atoms with E-state index in [0.29, 0.717) is 6.42 Å². The van der Waals surface area contributed by atoms with E-state index in [-0.39, 0.29) is 5.69 Å². The van der Waals surface area contributed by atoms with Gasteiger partial charge in [-0.1, -0.05) is 24.3 Å². The Balaban J connectivity index is 1.89. The molecule has 0 radical (unpaired) electrons. The summed E-state index contributed by atoms with van der Waals surface area (Å²) in [6.07, 6.45) is 2.50. The molecule has 0 spiro atoms. The Morgan fingerprint density at radius 3 is 2.70 bits per heavy atom. The molecular weight excluding hydrogens is 294 g/mol. The minimum atomic E-state index is -0.403. The van der Waals surface area contributed by atoms with Gasteiger partial charge >= 0.3 is 0 Å². The summed E-state index contributed by atoms with van der Waals surface area (Å²) in [6.45, 7) is 0. The van der Waals surface area contributed by atoms with Gasteiger partial charge in [-0.05, 0) is 17.7 Å². The summed E-state index contributed by atoms with van der Waals surface area (Å²) in [5.74, 6) is 0.805. The highest BCUT2D eigenvalue weighted by Crippen LogP contribution is 2.26. The number of rotatable bonds is 5. The van der Waals surface area contributed by atoms with Gasteiger partial charge in [0.25, 0.3) is 5.69 Å². The highest BCUT2D eigenvalue weighted by Gasteiger charge is 2.13. The van der Waals surface area contributed by atoms with Crippen molar-refractivity contribution in [3.05, 3.63) is 76.0 Å². The second-order valence-corrected chi connectivity index (χ2v) is 5.09. The van der Waals surface area contributed by atoms with Crippen LogP contribution in [0.25, 0.3) is 11.3 Å². The lowest BCUT2D eigenvalue weighted by Gasteiger charge is -2.05. The number of hydrogen-bond acceptors (Lipinski definition) is 4. The van der Waals surface area contributed by atoms with Crippen molar-refractivity contribution in [2.75, 3.05) is 7.11 Å². The SMILES string of the molecule is COc1ccc(Cc2c[nH]nc2-c2cccc([N+](=O)[O-])c2)cc1. The van der Waals surface area contributed by atoms with E-state index in [1.807, 2.05) is 36.5 Å². The molecule has 6 heteroatoms. The molecule has 23 heavy (non-hydrogen) atoms. The number of nitro benzene ring substituents is 1. The van der Waals surface area contributed by atoms with Crippen molar-refractivity contribution >= 4 is 5.69 Å². The van der Waals surface area contributed by atoms with Gasteiger partial charge in [-0.25, -0.2) is 0 Å². The third kappa shape index (κ3) is 3.21. The number of aromatic nitrogens is 2. The second kappa shape index (κ2) is 6.31. The van der Waals surface area contributed by atoms with E-state index < -0.39 is 4.92 Å². The van der Waals surface area contributed by atoms with Gasteiger partial charge in [0.2, 0.25) is 0 Å². The molecule has 0 atom stereocenters. The standard InChI is InChI=1S/C17H15N3O3/c1-23-16-7-5-12(6-8-16)9-14-11-18-19-17(14)13-3-2-4-15(10-13)20(21)22/h2-8,10-11H,9H2,1H3,(H,18,19). The first-order chi connectivity index (χ1) is 11.2. The average molecular weight is 309 g/mol. The summed E-state index contributed by atoms with van der Waals surface area (Å²) in [7, 11) is 1.63. The van der Waals surface area contributed by atoms with Gasteiger partial charge in [0.1, 0.15) is 5.75 Å². The van der Waals surface area contributed by atoms with E-state index in [1.54, 1.807) is 13.2 Å². The molecule has 1 N–H and O–H groups in total. The van der Waals surface area contributed by atoms with Crippen molar-refractivity contribution in [2.45, 2.75) is 6.42 Å². The highest BCUT2D eigenvalue weighted by atomic mass is 16.6. The van der Waals surface area contributed by atoms with Crippen LogP contribution >= 0.6 is 0 Å². The van der Waals surface area contributed by atoms with Gasteiger partial charge in [0, 0.05) is 35.9 Å². The molecule has 1 heterocycles. The Labute approximate surface area is 132 Å². The van der Waals surface area contributed by atoms with Crippen LogP contribution in [0, 0.1) is 10.1 Å². The first-order valence-corrected chi connectivity index (χ1v) is 7.08. The predicted molar refractivity (Wildman–Crippen MR) is 86.5 cm³/mol. The zero-order valence-corrected chi connectivity index (χ0v) is 12.5. The summed E-state index contributed by atoms with van der Waals surface area (Å²) in [5, 5.41) is 18.0. The summed E-state index contributed by atoms with van der Waals surface area (Å²) in [4.78, 5) is 10.5. The summed E-state index contributed by atoms with van der Waals surface area (Å²) < 4.78 is 5.15. The van der Waals surface area contributed by atoms with E-state index in [2.05, 4.69) is 10.2 Å². The summed E-state index contributed by atoms with van der Waals surface area (Å²) in [5.41, 5.74) is 3.60. The Kier molecular flexibility index (Phi) is 4.05. The lowest BCUT2D eigenvalue weighted by Crippen LogP contribution is -1.92. The van der Waals surface area contributed by atoms with Crippen LogP contribution in [0.3, 0.4) is 0 Å². The summed E-state index contributed by atoms with van der Waals surface area (Å²) in [6, 6.07) is 14.3. The van der Waals surface area contributed by atoms with Crippen LogP contribution in [0.1, 0.15) is 11.1 Å². The number of benzene rings is 2. The van der Waals surface area contributed by atoms with Crippen LogP contribution in [-0.2, 0) is 6.42 Å². The highest BCUT2D eigenvalue weighted by molar-refractivity contribution is 5.66. The van der Waals surface area contributed by atoms with E-state index in [4.69, 9.17) is 4.74 Å². The average Bonchev–Trinajstić information content (AvgIpc) is 3.04. The van der Waals surface area contributed by atoms with Crippen LogP contribution in [-0.4, -0.2) is 22.2 Å².